The van der Waals surface area contributed by atoms with Gasteiger partial charge in [-0.3, -0.25) is 6.08 Å². The van der Waals surface area contributed by atoms with E-state index in [9.17, 15) is 0 Å². The largest absolute Gasteiger partial charge is 4.00 e. The van der Waals surface area contributed by atoms with E-state index in [2.05, 4.69) is 65.8 Å². The molecule has 1 unspecified atom stereocenters. The summed E-state index contributed by atoms with van der Waals surface area (Å²) in [6.45, 7) is 12.9. The molecule has 0 aliphatic heterocycles. The van der Waals surface area contributed by atoms with Gasteiger partial charge < -0.3 is 24.8 Å². The summed E-state index contributed by atoms with van der Waals surface area (Å²) >= 11 is 0. The van der Waals surface area contributed by atoms with E-state index in [4.69, 9.17) is 0 Å². The van der Waals surface area contributed by atoms with Gasteiger partial charge in [0.15, 0.2) is 0 Å². The van der Waals surface area contributed by atoms with Crippen LogP contribution in [-0.4, -0.2) is 0 Å². The van der Waals surface area contributed by atoms with Gasteiger partial charge in [-0.05, 0) is 0 Å². The molecule has 0 nitrogen and oxygen atoms in total. The average molecular weight is 376 g/mol. The van der Waals surface area contributed by atoms with E-state index in [1.165, 1.54) is 27.8 Å². The zero-order valence-corrected chi connectivity index (χ0v) is 16.5. The molecule has 1 aromatic rings. The van der Waals surface area contributed by atoms with Crippen LogP contribution in [0.25, 0.3) is 0 Å². The third-order valence-electron chi connectivity index (χ3n) is 3.30. The molecule has 0 spiro atoms. The number of hydrogen-bond donors (Lipinski definition) is 0. The van der Waals surface area contributed by atoms with E-state index < -0.39 is 0 Å². The van der Waals surface area contributed by atoms with Crippen molar-refractivity contribution < 1.29 is 51.0 Å². The summed E-state index contributed by atoms with van der Waals surface area (Å²) in [5.41, 5.74) is 6.96. The van der Waals surface area contributed by atoms with E-state index in [0.717, 1.165) is 0 Å². The normalized spacial score (nSPS) is 16.3. The molecule has 0 heterocycles. The smallest absolute Gasteiger partial charge is 1.00 e. The van der Waals surface area contributed by atoms with Crippen LogP contribution in [0.2, 0.25) is 0 Å². The van der Waals surface area contributed by atoms with Crippen molar-refractivity contribution in [3.05, 3.63) is 52.1 Å². The Bertz CT molecular complexity index is 411. The number of allylic oxidation sites excluding steroid dienone is 4. The maximum Gasteiger partial charge on any atom is 4.00 e. The van der Waals surface area contributed by atoms with Gasteiger partial charge in [0.1, 0.15) is 0 Å². The third kappa shape index (κ3) is 7.59. The number of rotatable bonds is 0. The second-order valence-corrected chi connectivity index (χ2v) is 4.76. The molecule has 104 valence electrons. The maximum atomic E-state index is 3.36. The first-order valence-electron chi connectivity index (χ1n) is 5.89. The Labute approximate surface area is 150 Å². The zero-order chi connectivity index (χ0) is 12.3. The minimum absolute atomic E-state index is 0. The molecule has 0 amide bonds. The average Bonchev–Trinajstić information content (AvgIpc) is 2.68. The minimum atomic E-state index is 0. The molecule has 0 bridgehead atoms. The van der Waals surface area contributed by atoms with Gasteiger partial charge in [-0.2, -0.15) is 28.8 Å². The fraction of sp³-hybridized carbons (Fsp3) is 0.438. The molecule has 1 aromatic carbocycles. The first-order valence-corrected chi connectivity index (χ1v) is 5.89. The van der Waals surface area contributed by atoms with Crippen LogP contribution in [0.3, 0.4) is 0 Å². The molecule has 0 fully saturated rings. The predicted molar refractivity (Wildman–Crippen MR) is 71.5 cm³/mol. The van der Waals surface area contributed by atoms with Crippen LogP contribution in [0.1, 0.15) is 38.8 Å². The van der Waals surface area contributed by atoms with E-state index in [-0.39, 0.29) is 51.0 Å². The van der Waals surface area contributed by atoms with Gasteiger partial charge in [-0.25, -0.2) is 17.2 Å². The van der Waals surface area contributed by atoms with E-state index in [0.29, 0.717) is 5.92 Å². The van der Waals surface area contributed by atoms with Gasteiger partial charge in [0.25, 0.3) is 0 Å². The second kappa shape index (κ2) is 11.0. The summed E-state index contributed by atoms with van der Waals surface area (Å²) in [4.78, 5) is 0. The van der Waals surface area contributed by atoms with Crippen molar-refractivity contribution in [2.75, 3.05) is 0 Å². The zero-order valence-electron chi connectivity index (χ0n) is 12.6. The van der Waals surface area contributed by atoms with Gasteiger partial charge in [-0.15, -0.1) is 6.92 Å². The van der Waals surface area contributed by atoms with Crippen LogP contribution in [0.15, 0.2) is 34.9 Å². The Morgan fingerprint density at radius 3 is 1.74 bits per heavy atom. The van der Waals surface area contributed by atoms with Gasteiger partial charge in [0.05, 0.1) is 0 Å². The van der Waals surface area contributed by atoms with E-state index >= 15 is 0 Å². The fourth-order valence-electron chi connectivity index (χ4n) is 1.88. The molecule has 0 aromatic heterocycles. The Balaban J connectivity index is -0.000000237. The Morgan fingerprint density at radius 2 is 1.63 bits per heavy atom. The minimum Gasteiger partial charge on any atom is -1.00 e. The number of aryl methyl sites for hydroxylation is 2. The SMILES string of the molecule is CC1=[C-]C(C)C(C)=C1C.Cc1cc[c-](C)c1.[Cl-].[Cl-].[Zr+4]. The summed E-state index contributed by atoms with van der Waals surface area (Å²) < 4.78 is 0. The molecule has 1 atom stereocenters. The summed E-state index contributed by atoms with van der Waals surface area (Å²) in [5, 5.41) is 0. The van der Waals surface area contributed by atoms with Crippen LogP contribution < -0.4 is 24.8 Å². The van der Waals surface area contributed by atoms with Crippen molar-refractivity contribution in [3.8, 4) is 0 Å². The van der Waals surface area contributed by atoms with Crippen molar-refractivity contribution >= 4 is 0 Å². The van der Waals surface area contributed by atoms with Crippen molar-refractivity contribution in [1.82, 2.24) is 0 Å². The molecule has 0 N–H and O–H groups in total. The van der Waals surface area contributed by atoms with Crippen molar-refractivity contribution in [1.29, 1.82) is 0 Å². The third-order valence-corrected chi connectivity index (χ3v) is 3.30. The van der Waals surface area contributed by atoms with Gasteiger partial charge >= 0.3 is 26.2 Å². The quantitative estimate of drug-likeness (QED) is 0.497. The maximum absolute atomic E-state index is 3.36. The number of hydrogen-bond acceptors (Lipinski definition) is 0. The van der Waals surface area contributed by atoms with E-state index in [1.54, 1.807) is 0 Å². The summed E-state index contributed by atoms with van der Waals surface area (Å²) in [5.74, 6) is 0.560. The van der Waals surface area contributed by atoms with Gasteiger partial charge in [0, 0.05) is 0 Å². The predicted octanol–water partition coefficient (Wildman–Crippen LogP) is -1.25. The molecule has 0 saturated carbocycles. The van der Waals surface area contributed by atoms with Crippen molar-refractivity contribution in [2.45, 2.75) is 41.5 Å². The van der Waals surface area contributed by atoms with Crippen LogP contribution in [-0.2, 0) is 26.2 Å². The first-order chi connectivity index (χ1) is 7.41. The Hall–Kier alpha value is 0.293. The molecule has 0 saturated heterocycles. The molecule has 2 rings (SSSR count). The molecular weight excluding hydrogens is 354 g/mol. The van der Waals surface area contributed by atoms with Crippen LogP contribution in [0.4, 0.5) is 0 Å². The molecule has 3 heteroatoms. The first kappa shape index (κ1) is 24.3. The second-order valence-electron chi connectivity index (χ2n) is 4.76. The van der Waals surface area contributed by atoms with E-state index in [1.807, 2.05) is 0 Å². The molecule has 0 radical (unpaired) electrons. The summed E-state index contributed by atoms with van der Waals surface area (Å²) in [7, 11) is 0. The summed E-state index contributed by atoms with van der Waals surface area (Å²) in [6, 6.07) is 6.41. The van der Waals surface area contributed by atoms with Gasteiger partial charge in [0.2, 0.25) is 0 Å². The monoisotopic (exact) mass is 374 g/mol. The van der Waals surface area contributed by atoms with Crippen LogP contribution >= 0.6 is 0 Å². The summed E-state index contributed by atoms with van der Waals surface area (Å²) in [6.07, 6.45) is 3.36. The van der Waals surface area contributed by atoms with Crippen LogP contribution in [0.5, 0.6) is 0 Å². The van der Waals surface area contributed by atoms with Gasteiger partial charge in [-0.1, -0.05) is 40.5 Å². The standard InChI is InChI=1S/C9H13.C7H9.2ClH.Zr/c1-6-5-7(2)9(4)8(6)3;1-6-3-4-7(2)5-6;;;/h6H,1-4H3;3-5H,1-2H3;2*1H;/q2*-1;;;+4/p-2. The number of halogens is 2. The fourth-order valence-corrected chi connectivity index (χ4v) is 1.88. The Morgan fingerprint density at radius 1 is 1.11 bits per heavy atom. The Kier molecular flexibility index (Phi) is 14.1. The van der Waals surface area contributed by atoms with Crippen molar-refractivity contribution in [3.63, 3.8) is 0 Å². The molecule has 1 aliphatic carbocycles. The van der Waals surface area contributed by atoms with Crippen molar-refractivity contribution in [2.24, 2.45) is 5.92 Å². The molecule has 1 aliphatic rings. The van der Waals surface area contributed by atoms with Crippen LogP contribution in [0, 0.1) is 25.8 Å². The topological polar surface area (TPSA) is 0 Å². The molecule has 19 heavy (non-hydrogen) atoms. The molecular formula is C16H22Cl2Zr.